The predicted molar refractivity (Wildman–Crippen MR) is 91.9 cm³/mol. The number of para-hydroxylation sites is 1. The molecule has 112 valence electrons. The maximum Gasteiger partial charge on any atom is 0.229 e. The highest BCUT2D eigenvalue weighted by Crippen LogP contribution is 2.42. The van der Waals surface area contributed by atoms with Crippen molar-refractivity contribution in [2.45, 2.75) is 9.79 Å². The first-order valence-corrected chi connectivity index (χ1v) is 9.95. The molecule has 0 heterocycles. The molecule has 0 saturated heterocycles. The summed E-state index contributed by atoms with van der Waals surface area (Å²) >= 11 is 0. The van der Waals surface area contributed by atoms with Gasteiger partial charge in [0.15, 0.2) is 0 Å². The number of anilines is 3. The number of nitrogens with one attached hydrogen (secondary N) is 1. The van der Waals surface area contributed by atoms with Gasteiger partial charge in [0.1, 0.15) is 0 Å². The number of rotatable bonds is 5. The van der Waals surface area contributed by atoms with E-state index in [2.05, 4.69) is 4.72 Å². The van der Waals surface area contributed by atoms with E-state index in [0.29, 0.717) is 17.1 Å². The Morgan fingerprint density at radius 2 is 1.57 bits per heavy atom. The molecule has 0 radical (unpaired) electrons. The minimum Gasteiger partial charge on any atom is -0.398 e. The van der Waals surface area contributed by atoms with E-state index in [-0.39, 0.29) is 0 Å². The Kier molecular flexibility index (Phi) is 4.92. The van der Waals surface area contributed by atoms with Gasteiger partial charge in [-0.05, 0) is 30.3 Å². The van der Waals surface area contributed by atoms with Gasteiger partial charge in [0.05, 0.1) is 11.9 Å². The van der Waals surface area contributed by atoms with E-state index in [1.165, 1.54) is 21.6 Å². The van der Waals surface area contributed by atoms with Crippen molar-refractivity contribution in [3.8, 4) is 0 Å². The lowest BCUT2D eigenvalue weighted by Gasteiger charge is -2.09. The Bertz CT molecular complexity index is 748. The summed E-state index contributed by atoms with van der Waals surface area (Å²) in [5.74, 6) is 0. The minimum atomic E-state index is -3.30. The lowest BCUT2D eigenvalue weighted by atomic mass is 10.3. The second kappa shape index (κ2) is 6.50. The van der Waals surface area contributed by atoms with Crippen LogP contribution in [0.5, 0.6) is 0 Å². The lowest BCUT2D eigenvalue weighted by Crippen LogP contribution is -2.09. The molecule has 2 aromatic carbocycles. The molecule has 0 unspecified atom stereocenters. The summed E-state index contributed by atoms with van der Waals surface area (Å²) < 4.78 is 24.7. The SMILES string of the molecule is CS(=O)(=O)Nc1ccc(SSc2ccccc2N)c(N)c1. The van der Waals surface area contributed by atoms with E-state index < -0.39 is 10.0 Å². The molecule has 0 saturated carbocycles. The van der Waals surface area contributed by atoms with Gasteiger partial charge < -0.3 is 11.5 Å². The second-order valence-electron chi connectivity index (χ2n) is 4.33. The molecular formula is C13H15N3O2S3. The first-order chi connectivity index (χ1) is 9.85. The number of nitrogen functional groups attached to an aromatic ring is 2. The highest BCUT2D eigenvalue weighted by molar-refractivity contribution is 8.76. The molecule has 0 atom stereocenters. The van der Waals surface area contributed by atoms with Crippen LogP contribution < -0.4 is 16.2 Å². The predicted octanol–water partition coefficient (Wildman–Crippen LogP) is 3.02. The van der Waals surface area contributed by atoms with Gasteiger partial charge in [0.25, 0.3) is 0 Å². The lowest BCUT2D eigenvalue weighted by molar-refractivity contribution is 0.607. The second-order valence-corrected chi connectivity index (χ2v) is 8.29. The largest absolute Gasteiger partial charge is 0.398 e. The fraction of sp³-hybridized carbons (Fsp3) is 0.0769. The Labute approximate surface area is 131 Å². The van der Waals surface area contributed by atoms with E-state index >= 15 is 0 Å². The van der Waals surface area contributed by atoms with Crippen LogP contribution in [0, 0.1) is 0 Å². The van der Waals surface area contributed by atoms with Crippen LogP contribution in [0.15, 0.2) is 52.3 Å². The smallest absolute Gasteiger partial charge is 0.229 e. The van der Waals surface area contributed by atoms with Crippen molar-refractivity contribution in [2.24, 2.45) is 0 Å². The monoisotopic (exact) mass is 341 g/mol. The van der Waals surface area contributed by atoms with Crippen molar-refractivity contribution in [1.29, 1.82) is 0 Å². The number of nitrogens with two attached hydrogens (primary N) is 2. The summed E-state index contributed by atoms with van der Waals surface area (Å²) in [5.41, 5.74) is 13.5. The van der Waals surface area contributed by atoms with Crippen molar-refractivity contribution in [3.63, 3.8) is 0 Å². The third-order valence-electron chi connectivity index (χ3n) is 2.45. The van der Waals surface area contributed by atoms with Crippen molar-refractivity contribution in [3.05, 3.63) is 42.5 Å². The van der Waals surface area contributed by atoms with Gasteiger partial charge in [-0.15, -0.1) is 0 Å². The van der Waals surface area contributed by atoms with Gasteiger partial charge in [-0.3, -0.25) is 4.72 Å². The number of hydrogen-bond acceptors (Lipinski definition) is 6. The molecule has 0 amide bonds. The topological polar surface area (TPSA) is 98.2 Å². The first kappa shape index (κ1) is 15.9. The molecule has 0 aliphatic carbocycles. The molecule has 2 rings (SSSR count). The van der Waals surface area contributed by atoms with E-state index in [4.69, 9.17) is 11.5 Å². The fourth-order valence-corrected chi connectivity index (χ4v) is 4.31. The van der Waals surface area contributed by atoms with Gasteiger partial charge in [-0.1, -0.05) is 33.7 Å². The summed E-state index contributed by atoms with van der Waals surface area (Å²) in [6.45, 7) is 0. The molecule has 0 spiro atoms. The minimum absolute atomic E-state index is 0.448. The number of hydrogen-bond donors (Lipinski definition) is 3. The van der Waals surface area contributed by atoms with Gasteiger partial charge in [0, 0.05) is 21.2 Å². The van der Waals surface area contributed by atoms with Crippen LogP contribution in [0.3, 0.4) is 0 Å². The molecular weight excluding hydrogens is 326 g/mol. The first-order valence-electron chi connectivity index (χ1n) is 5.91. The zero-order valence-corrected chi connectivity index (χ0v) is 13.7. The Morgan fingerprint density at radius 3 is 2.14 bits per heavy atom. The van der Waals surface area contributed by atoms with Crippen LogP contribution in [0.1, 0.15) is 0 Å². The summed E-state index contributed by atoms with van der Waals surface area (Å²) in [7, 11) is -0.320. The highest BCUT2D eigenvalue weighted by Gasteiger charge is 2.07. The summed E-state index contributed by atoms with van der Waals surface area (Å²) in [5, 5.41) is 0. The quantitative estimate of drug-likeness (QED) is 0.571. The molecule has 5 N–H and O–H groups in total. The van der Waals surface area contributed by atoms with Gasteiger partial charge in [0.2, 0.25) is 10.0 Å². The summed E-state index contributed by atoms with van der Waals surface area (Å²) in [6.07, 6.45) is 1.10. The van der Waals surface area contributed by atoms with Gasteiger partial charge >= 0.3 is 0 Å². The molecule has 5 nitrogen and oxygen atoms in total. The Balaban J connectivity index is 2.10. The molecule has 0 fully saturated rings. The zero-order chi connectivity index (χ0) is 15.5. The standard InChI is InChI=1S/C13H15N3O2S3/c1-21(17,18)16-9-6-7-13(11(15)8-9)20-19-12-5-3-2-4-10(12)14/h2-8,16H,14-15H2,1H3. The maximum atomic E-state index is 11.2. The number of benzene rings is 2. The summed E-state index contributed by atoms with van der Waals surface area (Å²) in [6, 6.07) is 12.6. The third kappa shape index (κ3) is 4.76. The molecule has 2 aromatic rings. The molecule has 8 heteroatoms. The third-order valence-corrected chi connectivity index (χ3v) is 5.57. The van der Waals surface area contributed by atoms with Crippen LogP contribution in [0.25, 0.3) is 0 Å². The van der Waals surface area contributed by atoms with Crippen molar-refractivity contribution >= 4 is 48.7 Å². The molecule has 0 aromatic heterocycles. The van der Waals surface area contributed by atoms with Gasteiger partial charge in [-0.25, -0.2) is 8.42 Å². The highest BCUT2D eigenvalue weighted by atomic mass is 33.1. The van der Waals surface area contributed by atoms with Crippen LogP contribution in [0.4, 0.5) is 17.1 Å². The average Bonchev–Trinajstić information content (AvgIpc) is 2.37. The van der Waals surface area contributed by atoms with Crippen molar-refractivity contribution < 1.29 is 8.42 Å². The zero-order valence-electron chi connectivity index (χ0n) is 11.2. The molecule has 0 bridgehead atoms. The average molecular weight is 341 g/mol. The molecule has 0 aliphatic rings. The van der Waals surface area contributed by atoms with E-state index in [1.54, 1.807) is 18.2 Å². The Hall–Kier alpha value is -1.51. The fourth-order valence-electron chi connectivity index (χ4n) is 1.55. The summed E-state index contributed by atoms with van der Waals surface area (Å²) in [4.78, 5) is 1.81. The van der Waals surface area contributed by atoms with Crippen molar-refractivity contribution in [1.82, 2.24) is 0 Å². The van der Waals surface area contributed by atoms with Crippen LogP contribution in [0.2, 0.25) is 0 Å². The van der Waals surface area contributed by atoms with E-state index in [9.17, 15) is 8.42 Å². The van der Waals surface area contributed by atoms with Crippen molar-refractivity contribution in [2.75, 3.05) is 22.4 Å². The maximum absolute atomic E-state index is 11.2. The normalized spacial score (nSPS) is 11.3. The van der Waals surface area contributed by atoms with Gasteiger partial charge in [-0.2, -0.15) is 0 Å². The van der Waals surface area contributed by atoms with Crippen LogP contribution >= 0.6 is 21.6 Å². The Morgan fingerprint density at radius 1 is 0.952 bits per heavy atom. The van der Waals surface area contributed by atoms with Crippen LogP contribution in [-0.2, 0) is 10.0 Å². The molecule has 21 heavy (non-hydrogen) atoms. The van der Waals surface area contributed by atoms with E-state index in [1.807, 2.05) is 24.3 Å². The molecule has 0 aliphatic heterocycles. The van der Waals surface area contributed by atoms with Crippen LogP contribution in [-0.4, -0.2) is 14.7 Å². The van der Waals surface area contributed by atoms with E-state index in [0.717, 1.165) is 16.0 Å². The number of sulfonamides is 1.